The summed E-state index contributed by atoms with van der Waals surface area (Å²) in [5.41, 5.74) is 0.227. The van der Waals surface area contributed by atoms with Crippen LogP contribution in [0.2, 0.25) is 0 Å². The molecule has 0 aliphatic carbocycles. The second-order valence-electron chi connectivity index (χ2n) is 5.70. The Morgan fingerprint density at radius 3 is 2.40 bits per heavy atom. The van der Waals surface area contributed by atoms with Gasteiger partial charge in [-0.25, -0.2) is 9.97 Å². The van der Waals surface area contributed by atoms with E-state index < -0.39 is 17.6 Å². The average molecular weight is 352 g/mol. The molecule has 8 heteroatoms. The summed E-state index contributed by atoms with van der Waals surface area (Å²) in [6, 6.07) is 5.89. The SMILES string of the molecule is CCC(C)Nc1nc(C)cc(C(=O)Nc2ccc(C(F)(F)F)cc2)n1. The number of aromatic nitrogens is 2. The lowest BCUT2D eigenvalue weighted by Gasteiger charge is -2.13. The van der Waals surface area contributed by atoms with Gasteiger partial charge in [0.15, 0.2) is 0 Å². The lowest BCUT2D eigenvalue weighted by Crippen LogP contribution is -2.19. The number of halogens is 3. The molecule has 0 bridgehead atoms. The molecule has 0 radical (unpaired) electrons. The Hall–Kier alpha value is -2.64. The van der Waals surface area contributed by atoms with Crippen LogP contribution >= 0.6 is 0 Å². The largest absolute Gasteiger partial charge is 0.416 e. The maximum absolute atomic E-state index is 12.6. The van der Waals surface area contributed by atoms with Gasteiger partial charge in [0.1, 0.15) is 5.69 Å². The molecular weight excluding hydrogens is 333 g/mol. The minimum atomic E-state index is -4.41. The predicted octanol–water partition coefficient (Wildman–Crippen LogP) is 4.27. The van der Waals surface area contributed by atoms with Crippen LogP contribution in [-0.2, 0) is 6.18 Å². The van der Waals surface area contributed by atoms with Gasteiger partial charge in [-0.2, -0.15) is 13.2 Å². The number of alkyl halides is 3. The maximum atomic E-state index is 12.6. The molecular formula is C17H19F3N4O. The smallest absolute Gasteiger partial charge is 0.352 e. The third kappa shape index (κ3) is 5.17. The molecule has 25 heavy (non-hydrogen) atoms. The molecule has 1 heterocycles. The van der Waals surface area contributed by atoms with Crippen LogP contribution in [0.4, 0.5) is 24.8 Å². The molecule has 0 saturated carbocycles. The van der Waals surface area contributed by atoms with Crippen molar-refractivity contribution in [2.75, 3.05) is 10.6 Å². The Kier molecular flexibility index (Phi) is 5.61. The maximum Gasteiger partial charge on any atom is 0.416 e. The first-order valence-corrected chi connectivity index (χ1v) is 7.80. The third-order valence-electron chi connectivity index (χ3n) is 3.54. The van der Waals surface area contributed by atoms with Gasteiger partial charge in [-0.15, -0.1) is 0 Å². The number of benzene rings is 1. The fourth-order valence-corrected chi connectivity index (χ4v) is 2.01. The van der Waals surface area contributed by atoms with Crippen LogP contribution < -0.4 is 10.6 Å². The molecule has 1 aromatic carbocycles. The first-order chi connectivity index (χ1) is 11.7. The third-order valence-corrected chi connectivity index (χ3v) is 3.54. The van der Waals surface area contributed by atoms with Gasteiger partial charge in [-0.3, -0.25) is 4.79 Å². The highest BCUT2D eigenvalue weighted by molar-refractivity contribution is 6.03. The first kappa shape index (κ1) is 18.7. The van der Waals surface area contributed by atoms with Gasteiger partial charge in [0, 0.05) is 17.4 Å². The van der Waals surface area contributed by atoms with Crippen LogP contribution in [-0.4, -0.2) is 21.9 Å². The van der Waals surface area contributed by atoms with Crippen molar-refractivity contribution in [1.82, 2.24) is 9.97 Å². The molecule has 0 fully saturated rings. The number of nitrogens with zero attached hydrogens (tertiary/aromatic N) is 2. The van der Waals surface area contributed by atoms with E-state index in [9.17, 15) is 18.0 Å². The van der Waals surface area contributed by atoms with E-state index in [4.69, 9.17) is 0 Å². The highest BCUT2D eigenvalue weighted by atomic mass is 19.4. The fraction of sp³-hybridized carbons (Fsp3) is 0.353. The van der Waals surface area contributed by atoms with Crippen molar-refractivity contribution in [3.63, 3.8) is 0 Å². The minimum Gasteiger partial charge on any atom is -0.352 e. The Bertz CT molecular complexity index is 745. The second kappa shape index (κ2) is 7.50. The fourth-order valence-electron chi connectivity index (χ4n) is 2.01. The summed E-state index contributed by atoms with van der Waals surface area (Å²) in [4.78, 5) is 20.7. The van der Waals surface area contributed by atoms with Crippen molar-refractivity contribution in [2.45, 2.75) is 39.4 Å². The zero-order chi connectivity index (χ0) is 18.6. The van der Waals surface area contributed by atoms with E-state index in [2.05, 4.69) is 20.6 Å². The number of carbonyl (C=O) groups is 1. The highest BCUT2D eigenvalue weighted by Gasteiger charge is 2.30. The Morgan fingerprint density at radius 2 is 1.84 bits per heavy atom. The molecule has 1 unspecified atom stereocenters. The Balaban J connectivity index is 2.15. The van der Waals surface area contributed by atoms with Gasteiger partial charge in [-0.1, -0.05) is 6.92 Å². The molecule has 1 aromatic heterocycles. The predicted molar refractivity (Wildman–Crippen MR) is 89.5 cm³/mol. The molecule has 2 N–H and O–H groups in total. The number of hydrogen-bond donors (Lipinski definition) is 2. The molecule has 0 saturated heterocycles. The van der Waals surface area contributed by atoms with Crippen LogP contribution in [0.3, 0.4) is 0 Å². The molecule has 2 aromatic rings. The summed E-state index contributed by atoms with van der Waals surface area (Å²) in [6.07, 6.45) is -3.55. The molecule has 0 aliphatic rings. The molecule has 134 valence electrons. The summed E-state index contributed by atoms with van der Waals surface area (Å²) in [7, 11) is 0. The van der Waals surface area contributed by atoms with E-state index in [1.54, 1.807) is 6.92 Å². The van der Waals surface area contributed by atoms with Gasteiger partial charge in [0.05, 0.1) is 5.56 Å². The van der Waals surface area contributed by atoms with E-state index in [0.29, 0.717) is 11.6 Å². The Labute approximate surface area is 143 Å². The molecule has 0 aliphatic heterocycles. The van der Waals surface area contributed by atoms with Crippen LogP contribution in [0.1, 0.15) is 42.0 Å². The number of carbonyl (C=O) groups excluding carboxylic acids is 1. The van der Waals surface area contributed by atoms with Gasteiger partial charge >= 0.3 is 6.18 Å². The minimum absolute atomic E-state index is 0.137. The van der Waals surface area contributed by atoms with Crippen molar-refractivity contribution in [3.05, 3.63) is 47.3 Å². The zero-order valence-electron chi connectivity index (χ0n) is 14.1. The van der Waals surface area contributed by atoms with E-state index in [-0.39, 0.29) is 17.4 Å². The summed E-state index contributed by atoms with van der Waals surface area (Å²) in [5.74, 6) is -0.177. The van der Waals surface area contributed by atoms with E-state index >= 15 is 0 Å². The standard InChI is InChI=1S/C17H19F3N4O/c1-4-10(2)21-16-22-11(3)9-14(24-16)15(25)23-13-7-5-12(6-8-13)17(18,19)20/h5-10H,4H2,1-3H3,(H,23,25)(H,21,22,24). The van der Waals surface area contributed by atoms with Gasteiger partial charge in [-0.05, 0) is 50.6 Å². The number of hydrogen-bond acceptors (Lipinski definition) is 4. The zero-order valence-corrected chi connectivity index (χ0v) is 14.1. The number of anilines is 2. The number of nitrogens with one attached hydrogen (secondary N) is 2. The lowest BCUT2D eigenvalue weighted by molar-refractivity contribution is -0.137. The van der Waals surface area contributed by atoms with Gasteiger partial charge in [0.25, 0.3) is 5.91 Å². The number of aryl methyl sites for hydroxylation is 1. The molecule has 0 spiro atoms. The summed E-state index contributed by atoms with van der Waals surface area (Å²) < 4.78 is 37.7. The van der Waals surface area contributed by atoms with Crippen LogP contribution in [0.25, 0.3) is 0 Å². The van der Waals surface area contributed by atoms with Crippen molar-refractivity contribution in [3.8, 4) is 0 Å². The van der Waals surface area contributed by atoms with Crippen molar-refractivity contribution < 1.29 is 18.0 Å². The van der Waals surface area contributed by atoms with Crippen molar-refractivity contribution in [1.29, 1.82) is 0 Å². The average Bonchev–Trinajstić information content (AvgIpc) is 2.53. The molecule has 1 atom stereocenters. The molecule has 2 rings (SSSR count). The highest BCUT2D eigenvalue weighted by Crippen LogP contribution is 2.29. The van der Waals surface area contributed by atoms with E-state index in [0.717, 1.165) is 18.6 Å². The quantitative estimate of drug-likeness (QED) is 0.843. The van der Waals surface area contributed by atoms with E-state index in [1.807, 2.05) is 13.8 Å². The van der Waals surface area contributed by atoms with Crippen LogP contribution in [0.15, 0.2) is 30.3 Å². The second-order valence-corrected chi connectivity index (χ2v) is 5.70. The Morgan fingerprint density at radius 1 is 1.20 bits per heavy atom. The van der Waals surface area contributed by atoms with Crippen LogP contribution in [0, 0.1) is 6.92 Å². The van der Waals surface area contributed by atoms with E-state index in [1.165, 1.54) is 18.2 Å². The van der Waals surface area contributed by atoms with Gasteiger partial charge < -0.3 is 10.6 Å². The summed E-state index contributed by atoms with van der Waals surface area (Å²) in [6.45, 7) is 5.71. The number of rotatable bonds is 5. The number of amides is 1. The summed E-state index contributed by atoms with van der Waals surface area (Å²) in [5, 5.41) is 5.62. The van der Waals surface area contributed by atoms with Crippen molar-refractivity contribution >= 4 is 17.5 Å². The van der Waals surface area contributed by atoms with Gasteiger partial charge in [0.2, 0.25) is 5.95 Å². The topological polar surface area (TPSA) is 66.9 Å². The lowest BCUT2D eigenvalue weighted by atomic mass is 10.2. The van der Waals surface area contributed by atoms with Crippen LogP contribution in [0.5, 0.6) is 0 Å². The molecule has 1 amide bonds. The normalized spacial score (nSPS) is 12.6. The summed E-state index contributed by atoms with van der Waals surface area (Å²) >= 11 is 0. The van der Waals surface area contributed by atoms with Crippen molar-refractivity contribution in [2.24, 2.45) is 0 Å². The molecule has 5 nitrogen and oxygen atoms in total. The monoisotopic (exact) mass is 352 g/mol. The first-order valence-electron chi connectivity index (χ1n) is 7.80.